The quantitative estimate of drug-likeness (QED) is 0.806. The van der Waals surface area contributed by atoms with Crippen molar-refractivity contribution in [3.63, 3.8) is 0 Å². The topological polar surface area (TPSA) is 41.4 Å². The highest BCUT2D eigenvalue weighted by Gasteiger charge is 2.23. The number of aryl methyl sites for hydroxylation is 1. The van der Waals surface area contributed by atoms with E-state index in [-0.39, 0.29) is 5.56 Å². The Bertz CT molecular complexity index is 620. The van der Waals surface area contributed by atoms with Gasteiger partial charge in [0.05, 0.1) is 12.2 Å². The maximum atomic E-state index is 12.2. The molecule has 0 aromatic carbocycles. The van der Waals surface area contributed by atoms with Gasteiger partial charge in [0.1, 0.15) is 0 Å². The molecule has 3 aliphatic rings. The summed E-state index contributed by atoms with van der Waals surface area (Å²) in [4.78, 5) is 17.4. The number of hydrogen-bond acceptors (Lipinski definition) is 5. The number of rotatable bonds is 5. The van der Waals surface area contributed by atoms with Crippen molar-refractivity contribution in [2.24, 2.45) is 5.92 Å². The Hall–Kier alpha value is -0.850. The largest absolute Gasteiger partial charge is 0.301 e. The molecule has 1 saturated heterocycles. The molecule has 3 heterocycles. The highest BCUT2D eigenvalue weighted by Crippen LogP contribution is 2.27. The summed E-state index contributed by atoms with van der Waals surface area (Å²) in [6.45, 7) is 7.59. The molecular weight excluding hydrogens is 320 g/mol. The van der Waals surface area contributed by atoms with Crippen molar-refractivity contribution in [2.75, 3.05) is 45.0 Å². The summed E-state index contributed by atoms with van der Waals surface area (Å²) < 4.78 is 1.69. The molecule has 1 aromatic heterocycles. The number of piperazine rings is 1. The molecule has 6 heteroatoms. The van der Waals surface area contributed by atoms with Gasteiger partial charge in [0.25, 0.3) is 5.56 Å². The summed E-state index contributed by atoms with van der Waals surface area (Å²) in [5.41, 5.74) is 2.36. The Kier molecular flexibility index (Phi) is 5.25. The average Bonchev–Trinajstić information content (AvgIpc) is 2.57. The Labute approximate surface area is 148 Å². The molecule has 1 aromatic rings. The lowest BCUT2D eigenvalue weighted by Gasteiger charge is -2.38. The van der Waals surface area contributed by atoms with E-state index in [9.17, 15) is 4.79 Å². The zero-order valence-electron chi connectivity index (χ0n) is 14.5. The molecule has 0 spiro atoms. The van der Waals surface area contributed by atoms with Crippen molar-refractivity contribution in [2.45, 2.75) is 38.0 Å². The number of nitrogens with zero attached hydrogens (tertiary/aromatic N) is 4. The summed E-state index contributed by atoms with van der Waals surface area (Å²) in [6.07, 6.45) is 5.31. The predicted octanol–water partition coefficient (Wildman–Crippen LogP) is 1.45. The van der Waals surface area contributed by atoms with E-state index in [1.54, 1.807) is 4.68 Å². The summed E-state index contributed by atoms with van der Waals surface area (Å²) in [7, 11) is 0. The lowest BCUT2D eigenvalue weighted by atomic mass is 9.85. The molecule has 0 radical (unpaired) electrons. The molecular formula is C18H28N4OS. The van der Waals surface area contributed by atoms with Crippen molar-refractivity contribution in [3.8, 4) is 0 Å². The fourth-order valence-corrected chi connectivity index (χ4v) is 4.84. The maximum absolute atomic E-state index is 12.2. The van der Waals surface area contributed by atoms with Crippen LogP contribution < -0.4 is 5.56 Å². The molecule has 1 saturated carbocycles. The number of thioether (sulfide) groups is 1. The molecule has 0 bridgehead atoms. The molecule has 4 rings (SSSR count). The van der Waals surface area contributed by atoms with Gasteiger partial charge in [0.15, 0.2) is 0 Å². The SMILES string of the molecule is O=c1cc2c(nn1CCN1CCN(CC3CCC3)CC1)CCSC2. The number of hydrogen-bond donors (Lipinski definition) is 0. The first kappa shape index (κ1) is 16.6. The molecule has 1 aliphatic carbocycles. The van der Waals surface area contributed by atoms with Gasteiger partial charge in [-0.25, -0.2) is 4.68 Å². The van der Waals surface area contributed by atoms with Crippen LogP contribution in [0.15, 0.2) is 10.9 Å². The van der Waals surface area contributed by atoms with Crippen LogP contribution in [0.5, 0.6) is 0 Å². The number of fused-ring (bicyclic) bond motifs is 1. The van der Waals surface area contributed by atoms with Gasteiger partial charge in [-0.2, -0.15) is 16.9 Å². The van der Waals surface area contributed by atoms with Gasteiger partial charge in [-0.05, 0) is 30.1 Å². The normalized spacial score (nSPS) is 23.0. The molecule has 24 heavy (non-hydrogen) atoms. The van der Waals surface area contributed by atoms with E-state index in [1.807, 2.05) is 17.8 Å². The lowest BCUT2D eigenvalue weighted by Crippen LogP contribution is -2.49. The van der Waals surface area contributed by atoms with Crippen LogP contribution in [0.3, 0.4) is 0 Å². The van der Waals surface area contributed by atoms with Gasteiger partial charge >= 0.3 is 0 Å². The Morgan fingerprint density at radius 2 is 1.92 bits per heavy atom. The summed E-state index contributed by atoms with van der Waals surface area (Å²) in [5.74, 6) is 3.04. The Balaban J connectivity index is 1.27. The van der Waals surface area contributed by atoms with E-state index < -0.39 is 0 Å². The van der Waals surface area contributed by atoms with Crippen LogP contribution in [-0.4, -0.2) is 64.6 Å². The second kappa shape index (κ2) is 7.58. The smallest absolute Gasteiger partial charge is 0.267 e. The molecule has 0 atom stereocenters. The first-order valence-corrected chi connectivity index (χ1v) is 10.6. The predicted molar refractivity (Wildman–Crippen MR) is 98.6 cm³/mol. The fourth-order valence-electron chi connectivity index (χ4n) is 3.88. The van der Waals surface area contributed by atoms with Gasteiger partial charge < -0.3 is 4.90 Å². The minimum absolute atomic E-state index is 0.0693. The lowest BCUT2D eigenvalue weighted by molar-refractivity contribution is 0.0976. The third-order valence-corrected chi connectivity index (χ3v) is 6.75. The minimum atomic E-state index is 0.0693. The van der Waals surface area contributed by atoms with Crippen LogP contribution in [0.4, 0.5) is 0 Å². The first-order valence-electron chi connectivity index (χ1n) is 9.40. The van der Waals surface area contributed by atoms with Crippen LogP contribution in [0.25, 0.3) is 0 Å². The van der Waals surface area contributed by atoms with Crippen LogP contribution >= 0.6 is 11.8 Å². The van der Waals surface area contributed by atoms with E-state index in [2.05, 4.69) is 14.9 Å². The average molecular weight is 349 g/mol. The fraction of sp³-hybridized carbons (Fsp3) is 0.778. The number of aromatic nitrogens is 2. The second-order valence-electron chi connectivity index (χ2n) is 7.42. The van der Waals surface area contributed by atoms with E-state index in [1.165, 1.54) is 38.9 Å². The summed E-state index contributed by atoms with van der Waals surface area (Å²) in [6, 6.07) is 1.81. The first-order chi connectivity index (χ1) is 11.8. The van der Waals surface area contributed by atoms with Gasteiger partial charge in [0.2, 0.25) is 0 Å². The van der Waals surface area contributed by atoms with E-state index in [0.29, 0.717) is 0 Å². The molecule has 2 aliphatic heterocycles. The molecule has 0 unspecified atom stereocenters. The van der Waals surface area contributed by atoms with Crippen LogP contribution in [-0.2, 0) is 18.7 Å². The van der Waals surface area contributed by atoms with Crippen molar-refractivity contribution in [1.29, 1.82) is 0 Å². The zero-order valence-corrected chi connectivity index (χ0v) is 15.3. The minimum Gasteiger partial charge on any atom is -0.301 e. The van der Waals surface area contributed by atoms with Crippen LogP contribution in [0.1, 0.15) is 30.5 Å². The van der Waals surface area contributed by atoms with Crippen LogP contribution in [0.2, 0.25) is 0 Å². The molecule has 0 N–H and O–H groups in total. The highest BCUT2D eigenvalue weighted by atomic mass is 32.2. The third-order valence-electron chi connectivity index (χ3n) is 5.74. The van der Waals surface area contributed by atoms with Crippen molar-refractivity contribution in [3.05, 3.63) is 27.7 Å². The van der Waals surface area contributed by atoms with Crippen molar-refractivity contribution >= 4 is 11.8 Å². The van der Waals surface area contributed by atoms with E-state index in [4.69, 9.17) is 0 Å². The Morgan fingerprint density at radius 3 is 2.67 bits per heavy atom. The van der Waals surface area contributed by atoms with Crippen LogP contribution in [0, 0.1) is 5.92 Å². The molecule has 2 fully saturated rings. The molecule has 5 nitrogen and oxygen atoms in total. The zero-order chi connectivity index (χ0) is 16.4. The Morgan fingerprint density at radius 1 is 1.12 bits per heavy atom. The van der Waals surface area contributed by atoms with Gasteiger partial charge in [-0.1, -0.05) is 6.42 Å². The maximum Gasteiger partial charge on any atom is 0.267 e. The van der Waals surface area contributed by atoms with Crippen molar-refractivity contribution < 1.29 is 0 Å². The monoisotopic (exact) mass is 348 g/mol. The van der Waals surface area contributed by atoms with E-state index >= 15 is 0 Å². The van der Waals surface area contributed by atoms with Gasteiger partial charge in [0, 0.05) is 57.5 Å². The van der Waals surface area contributed by atoms with E-state index in [0.717, 1.165) is 61.3 Å². The third kappa shape index (κ3) is 3.86. The van der Waals surface area contributed by atoms with Gasteiger partial charge in [-0.3, -0.25) is 9.69 Å². The molecule has 0 amide bonds. The highest BCUT2D eigenvalue weighted by molar-refractivity contribution is 7.98. The van der Waals surface area contributed by atoms with Crippen molar-refractivity contribution in [1.82, 2.24) is 19.6 Å². The van der Waals surface area contributed by atoms with Gasteiger partial charge in [-0.15, -0.1) is 0 Å². The summed E-state index contributed by atoms with van der Waals surface area (Å²) in [5, 5.41) is 4.62. The molecule has 132 valence electrons. The summed E-state index contributed by atoms with van der Waals surface area (Å²) >= 11 is 1.90. The standard InChI is InChI=1S/C18H28N4OS/c23-18-12-16-14-24-11-4-17(16)19-22(18)10-9-20-5-7-21(8-6-20)13-15-2-1-3-15/h12,15H,1-11,13-14H2. The second-order valence-corrected chi connectivity index (χ2v) is 8.52.